The molecule has 1 amide bonds. The highest BCUT2D eigenvalue weighted by Gasteiger charge is 2.20. The van der Waals surface area contributed by atoms with Gasteiger partial charge in [-0.2, -0.15) is 4.98 Å². The van der Waals surface area contributed by atoms with Crippen LogP contribution in [0.25, 0.3) is 23.0 Å². The lowest BCUT2D eigenvalue weighted by Gasteiger charge is -2.16. The van der Waals surface area contributed by atoms with Crippen molar-refractivity contribution in [2.75, 3.05) is 13.1 Å². The number of hydrogen-bond donors (Lipinski definition) is 0. The molecule has 6 nitrogen and oxygen atoms in total. The van der Waals surface area contributed by atoms with Crippen LogP contribution in [0.4, 0.5) is 0 Å². The average Bonchev–Trinajstić information content (AvgIpc) is 3.36. The number of carbonyl (C=O) groups excluding carboxylic acids is 1. The molecule has 0 aliphatic carbocycles. The van der Waals surface area contributed by atoms with Crippen molar-refractivity contribution in [3.05, 3.63) is 47.6 Å². The van der Waals surface area contributed by atoms with Crippen LogP contribution in [0.15, 0.2) is 47.1 Å². The van der Waals surface area contributed by atoms with Gasteiger partial charge in [0.1, 0.15) is 12.2 Å². The van der Waals surface area contributed by atoms with E-state index in [9.17, 15) is 4.79 Å². The molecule has 3 aromatic rings. The second kappa shape index (κ2) is 6.72. The van der Waals surface area contributed by atoms with E-state index in [4.69, 9.17) is 16.1 Å². The smallest absolute Gasteiger partial charge is 0.274 e. The number of carbonyl (C=O) groups is 1. The van der Waals surface area contributed by atoms with Crippen LogP contribution >= 0.6 is 11.6 Å². The largest absolute Gasteiger partial charge is 0.341 e. The summed E-state index contributed by atoms with van der Waals surface area (Å²) in [5.74, 6) is 1.00. The molecule has 1 aliphatic heterocycles. The van der Waals surface area contributed by atoms with Gasteiger partial charge in [0.25, 0.3) is 5.89 Å². The van der Waals surface area contributed by atoms with E-state index >= 15 is 0 Å². The Bertz CT molecular complexity index is 879. The molecule has 4 rings (SSSR count). The summed E-state index contributed by atoms with van der Waals surface area (Å²) in [5.41, 5.74) is 1.56. The molecule has 2 aromatic heterocycles. The van der Waals surface area contributed by atoms with Crippen LogP contribution in [0.2, 0.25) is 5.02 Å². The maximum Gasteiger partial charge on any atom is 0.274 e. The van der Waals surface area contributed by atoms with Crippen LogP contribution in [0.1, 0.15) is 12.8 Å². The highest BCUT2D eigenvalue weighted by atomic mass is 35.5. The van der Waals surface area contributed by atoms with Gasteiger partial charge in [0.15, 0.2) is 0 Å². The average molecular weight is 357 g/mol. The molecule has 1 saturated heterocycles. The minimum absolute atomic E-state index is 0.118. The van der Waals surface area contributed by atoms with Gasteiger partial charge in [-0.1, -0.05) is 16.8 Å². The van der Waals surface area contributed by atoms with E-state index < -0.39 is 0 Å². The molecule has 128 valence electrons. The summed E-state index contributed by atoms with van der Waals surface area (Å²) in [6.45, 7) is 1.97. The minimum Gasteiger partial charge on any atom is -0.341 e. The first-order chi connectivity index (χ1) is 12.2. The van der Waals surface area contributed by atoms with Crippen LogP contribution in [-0.4, -0.2) is 38.6 Å². The van der Waals surface area contributed by atoms with Gasteiger partial charge in [-0.05, 0) is 49.2 Å². The zero-order valence-electron chi connectivity index (χ0n) is 13.6. The summed E-state index contributed by atoms with van der Waals surface area (Å²) in [6.07, 6.45) is 4.02. The first kappa shape index (κ1) is 15.9. The lowest BCUT2D eigenvalue weighted by molar-refractivity contribution is -0.130. The highest BCUT2D eigenvalue weighted by Crippen LogP contribution is 2.24. The molecule has 1 aliphatic rings. The Morgan fingerprint density at radius 2 is 1.92 bits per heavy atom. The van der Waals surface area contributed by atoms with Crippen molar-refractivity contribution in [2.45, 2.75) is 19.4 Å². The molecule has 0 atom stereocenters. The van der Waals surface area contributed by atoms with E-state index in [2.05, 4.69) is 10.1 Å². The van der Waals surface area contributed by atoms with Crippen LogP contribution in [-0.2, 0) is 11.3 Å². The Labute approximate surface area is 150 Å². The SMILES string of the molecule is O=C(Cn1cccc1-c1nc(-c2ccc(Cl)cc2)no1)N1CCCC1. The van der Waals surface area contributed by atoms with Gasteiger partial charge in [0, 0.05) is 29.9 Å². The quantitative estimate of drug-likeness (QED) is 0.718. The summed E-state index contributed by atoms with van der Waals surface area (Å²) >= 11 is 5.91. The van der Waals surface area contributed by atoms with Gasteiger partial charge in [-0.15, -0.1) is 0 Å². The second-order valence-corrected chi connectivity index (χ2v) is 6.48. The fourth-order valence-electron chi connectivity index (χ4n) is 3.00. The van der Waals surface area contributed by atoms with E-state index in [1.54, 1.807) is 12.1 Å². The zero-order chi connectivity index (χ0) is 17.2. The molecule has 0 radical (unpaired) electrons. The number of aromatic nitrogens is 3. The monoisotopic (exact) mass is 356 g/mol. The van der Waals surface area contributed by atoms with Crippen molar-refractivity contribution in [2.24, 2.45) is 0 Å². The van der Waals surface area contributed by atoms with Crippen molar-refractivity contribution in [3.63, 3.8) is 0 Å². The van der Waals surface area contributed by atoms with Gasteiger partial charge >= 0.3 is 0 Å². The van der Waals surface area contributed by atoms with Crippen molar-refractivity contribution < 1.29 is 9.32 Å². The standard InChI is InChI=1S/C18H17ClN4O2/c19-14-7-5-13(6-8-14)17-20-18(25-21-17)15-4-3-11-23(15)12-16(24)22-9-1-2-10-22/h3-8,11H,1-2,9-10,12H2. The Morgan fingerprint density at radius 1 is 1.16 bits per heavy atom. The summed E-state index contributed by atoms with van der Waals surface area (Å²) in [4.78, 5) is 18.7. The molecule has 0 N–H and O–H groups in total. The molecule has 1 fully saturated rings. The molecule has 3 heterocycles. The van der Waals surface area contributed by atoms with E-state index in [1.165, 1.54) is 0 Å². The lowest BCUT2D eigenvalue weighted by atomic mass is 10.2. The topological polar surface area (TPSA) is 64.2 Å². The predicted octanol–water partition coefficient (Wildman–Crippen LogP) is 3.48. The first-order valence-corrected chi connectivity index (χ1v) is 8.61. The van der Waals surface area contributed by atoms with Crippen LogP contribution in [0.3, 0.4) is 0 Å². The fourth-order valence-corrected chi connectivity index (χ4v) is 3.13. The molecule has 25 heavy (non-hydrogen) atoms. The van der Waals surface area contributed by atoms with Crippen LogP contribution in [0, 0.1) is 0 Å². The van der Waals surface area contributed by atoms with Gasteiger partial charge < -0.3 is 14.0 Å². The van der Waals surface area contributed by atoms with Crippen LogP contribution < -0.4 is 0 Å². The van der Waals surface area contributed by atoms with Gasteiger partial charge in [0.05, 0.1) is 0 Å². The molecule has 0 saturated carbocycles. The summed E-state index contributed by atoms with van der Waals surface area (Å²) in [6, 6.07) is 11.0. The van der Waals surface area contributed by atoms with E-state index in [1.807, 2.05) is 39.9 Å². The number of hydrogen-bond acceptors (Lipinski definition) is 4. The number of nitrogens with zero attached hydrogens (tertiary/aromatic N) is 4. The number of halogens is 1. The van der Waals surface area contributed by atoms with Crippen molar-refractivity contribution in [1.82, 2.24) is 19.6 Å². The van der Waals surface area contributed by atoms with Crippen molar-refractivity contribution >= 4 is 17.5 Å². The lowest BCUT2D eigenvalue weighted by Crippen LogP contribution is -2.31. The summed E-state index contributed by atoms with van der Waals surface area (Å²) < 4.78 is 7.25. The van der Waals surface area contributed by atoms with E-state index in [0.29, 0.717) is 16.7 Å². The molecule has 0 unspecified atom stereocenters. The zero-order valence-corrected chi connectivity index (χ0v) is 14.3. The Balaban J connectivity index is 1.56. The van der Waals surface area contributed by atoms with Gasteiger partial charge in [-0.25, -0.2) is 0 Å². The molecule has 0 bridgehead atoms. The predicted molar refractivity (Wildman–Crippen MR) is 94.0 cm³/mol. The maximum absolute atomic E-state index is 12.4. The van der Waals surface area contributed by atoms with Crippen LogP contribution in [0.5, 0.6) is 0 Å². The van der Waals surface area contributed by atoms with Gasteiger partial charge in [0.2, 0.25) is 11.7 Å². The molecule has 7 heteroatoms. The summed E-state index contributed by atoms with van der Waals surface area (Å²) in [7, 11) is 0. The number of likely N-dealkylation sites (tertiary alicyclic amines) is 1. The Kier molecular flexibility index (Phi) is 4.28. The third-order valence-electron chi connectivity index (χ3n) is 4.34. The normalized spacial score (nSPS) is 14.2. The number of benzene rings is 1. The van der Waals surface area contributed by atoms with Crippen molar-refractivity contribution in [1.29, 1.82) is 0 Å². The minimum atomic E-state index is 0.118. The van der Waals surface area contributed by atoms with Gasteiger partial charge in [-0.3, -0.25) is 4.79 Å². The Morgan fingerprint density at radius 3 is 2.68 bits per heavy atom. The van der Waals surface area contributed by atoms with E-state index in [-0.39, 0.29) is 12.5 Å². The van der Waals surface area contributed by atoms with E-state index in [0.717, 1.165) is 37.2 Å². The fraction of sp³-hybridized carbons (Fsp3) is 0.278. The highest BCUT2D eigenvalue weighted by molar-refractivity contribution is 6.30. The number of rotatable bonds is 4. The molecular weight excluding hydrogens is 340 g/mol. The summed E-state index contributed by atoms with van der Waals surface area (Å²) in [5, 5.41) is 4.69. The molecule has 1 aromatic carbocycles. The third kappa shape index (κ3) is 3.30. The maximum atomic E-state index is 12.4. The third-order valence-corrected chi connectivity index (χ3v) is 4.59. The second-order valence-electron chi connectivity index (χ2n) is 6.04. The Hall–Kier alpha value is -2.60. The first-order valence-electron chi connectivity index (χ1n) is 8.23. The molecule has 0 spiro atoms. The number of amides is 1. The molecular formula is C18H17ClN4O2. The van der Waals surface area contributed by atoms with Crippen molar-refractivity contribution in [3.8, 4) is 23.0 Å².